The largest absolute Gasteiger partial charge is 0.366 e. The van der Waals surface area contributed by atoms with Crippen molar-refractivity contribution in [2.45, 2.75) is 51.2 Å². The third-order valence-corrected chi connectivity index (χ3v) is 6.15. The first-order chi connectivity index (χ1) is 13.6. The molecule has 2 aromatic rings. The van der Waals surface area contributed by atoms with Crippen LogP contribution in [-0.4, -0.2) is 30.0 Å². The van der Waals surface area contributed by atoms with Gasteiger partial charge in [-0.2, -0.15) is 0 Å². The molecule has 1 fully saturated rings. The summed E-state index contributed by atoms with van der Waals surface area (Å²) in [7, 11) is 0. The zero-order chi connectivity index (χ0) is 19.6. The van der Waals surface area contributed by atoms with E-state index in [0.29, 0.717) is 0 Å². The van der Waals surface area contributed by atoms with Gasteiger partial charge in [0.05, 0.1) is 11.7 Å². The van der Waals surface area contributed by atoms with Crippen molar-refractivity contribution in [3.05, 3.63) is 76.9 Å². The zero-order valence-electron chi connectivity index (χ0n) is 16.9. The van der Waals surface area contributed by atoms with Crippen molar-refractivity contribution in [1.29, 1.82) is 0 Å². The Balaban J connectivity index is 1.50. The highest BCUT2D eigenvalue weighted by Gasteiger charge is 2.43. The van der Waals surface area contributed by atoms with Crippen LogP contribution in [0, 0.1) is 6.92 Å². The Morgan fingerprint density at radius 1 is 1.14 bits per heavy atom. The lowest BCUT2D eigenvalue weighted by Crippen LogP contribution is -2.49. The zero-order valence-corrected chi connectivity index (χ0v) is 16.9. The minimum atomic E-state index is -0.247. The predicted octanol–water partition coefficient (Wildman–Crippen LogP) is 4.88. The summed E-state index contributed by atoms with van der Waals surface area (Å²) in [5, 5.41) is 0. The summed E-state index contributed by atoms with van der Waals surface area (Å²) in [5.74, 6) is 0.163. The molecule has 0 aliphatic carbocycles. The molecule has 0 bridgehead atoms. The highest BCUT2D eigenvalue weighted by molar-refractivity contribution is 5.73. The van der Waals surface area contributed by atoms with Crippen molar-refractivity contribution in [3.8, 4) is 0 Å². The Hall–Kier alpha value is -2.39. The van der Waals surface area contributed by atoms with Crippen molar-refractivity contribution >= 4 is 12.0 Å². The summed E-state index contributed by atoms with van der Waals surface area (Å²) in [6.07, 6.45) is 8.22. The fraction of sp³-hybridized carbons (Fsp3) is 0.400. The molecular weight excluding hydrogens is 346 g/mol. The van der Waals surface area contributed by atoms with Gasteiger partial charge >= 0.3 is 0 Å². The van der Waals surface area contributed by atoms with Gasteiger partial charge in [-0.05, 0) is 49.3 Å². The van der Waals surface area contributed by atoms with E-state index >= 15 is 0 Å². The standard InChI is InChI=1S/C25H29NO2/c1-19-10-12-21(13-11-19)6-5-8-23-18-22-7-3-4-9-24(22)25(28-23)14-16-26(17-15-25)20(2)27/h3-7,9-13,23H,8,14-18H2,1-2H3/b6-5+/t23-/m1/s1. The van der Waals surface area contributed by atoms with Gasteiger partial charge in [-0.25, -0.2) is 0 Å². The second-order valence-corrected chi connectivity index (χ2v) is 8.15. The molecule has 146 valence electrons. The van der Waals surface area contributed by atoms with Crippen LogP contribution in [0.5, 0.6) is 0 Å². The normalized spacial score (nSPS) is 21.1. The number of ether oxygens (including phenoxy) is 1. The number of aryl methyl sites for hydroxylation is 1. The lowest BCUT2D eigenvalue weighted by molar-refractivity contribution is -0.150. The third kappa shape index (κ3) is 3.90. The van der Waals surface area contributed by atoms with Crippen LogP contribution in [0.2, 0.25) is 0 Å². The minimum Gasteiger partial charge on any atom is -0.366 e. The number of rotatable bonds is 3. The molecule has 2 heterocycles. The van der Waals surface area contributed by atoms with Gasteiger partial charge in [0.25, 0.3) is 0 Å². The van der Waals surface area contributed by atoms with Crippen LogP contribution in [0.1, 0.15) is 48.4 Å². The van der Waals surface area contributed by atoms with Crippen LogP contribution >= 0.6 is 0 Å². The maximum absolute atomic E-state index is 11.8. The molecule has 2 aliphatic rings. The van der Waals surface area contributed by atoms with E-state index in [0.717, 1.165) is 38.8 Å². The van der Waals surface area contributed by atoms with E-state index in [4.69, 9.17) is 4.74 Å². The first-order valence-electron chi connectivity index (χ1n) is 10.3. The molecule has 1 amide bonds. The minimum absolute atomic E-state index is 0.163. The van der Waals surface area contributed by atoms with Gasteiger partial charge in [-0.3, -0.25) is 4.79 Å². The Bertz CT molecular complexity index is 860. The SMILES string of the molecule is CC(=O)N1CCC2(CC1)O[C@H](C/C=C/c1ccc(C)cc1)Cc1ccccc12. The van der Waals surface area contributed by atoms with Crippen LogP contribution in [0.25, 0.3) is 6.08 Å². The van der Waals surface area contributed by atoms with Crippen molar-refractivity contribution in [1.82, 2.24) is 4.90 Å². The van der Waals surface area contributed by atoms with E-state index in [2.05, 4.69) is 67.6 Å². The summed E-state index contributed by atoms with van der Waals surface area (Å²) in [6.45, 7) is 5.31. The highest BCUT2D eigenvalue weighted by atomic mass is 16.5. The van der Waals surface area contributed by atoms with Crippen LogP contribution < -0.4 is 0 Å². The average molecular weight is 376 g/mol. The van der Waals surface area contributed by atoms with E-state index < -0.39 is 0 Å². The number of hydrogen-bond acceptors (Lipinski definition) is 2. The first-order valence-corrected chi connectivity index (χ1v) is 10.3. The van der Waals surface area contributed by atoms with Crippen molar-refractivity contribution in [2.75, 3.05) is 13.1 Å². The molecule has 0 aromatic heterocycles. The van der Waals surface area contributed by atoms with Crippen LogP contribution in [-0.2, 0) is 21.6 Å². The molecule has 1 saturated heterocycles. The molecule has 28 heavy (non-hydrogen) atoms. The molecule has 1 spiro atoms. The summed E-state index contributed by atoms with van der Waals surface area (Å²) in [4.78, 5) is 13.7. The molecule has 4 rings (SSSR count). The molecular formula is C25H29NO2. The number of amides is 1. The van der Waals surface area contributed by atoms with Gasteiger partial charge in [-0.15, -0.1) is 0 Å². The quantitative estimate of drug-likeness (QED) is 0.765. The van der Waals surface area contributed by atoms with E-state index in [1.165, 1.54) is 22.3 Å². The predicted molar refractivity (Wildman–Crippen MR) is 113 cm³/mol. The summed E-state index contributed by atoms with van der Waals surface area (Å²) in [5.41, 5.74) is 4.99. The molecule has 2 aromatic carbocycles. The van der Waals surface area contributed by atoms with Gasteiger partial charge in [0.2, 0.25) is 5.91 Å². The maximum atomic E-state index is 11.8. The number of hydrogen-bond donors (Lipinski definition) is 0. The average Bonchev–Trinajstić information content (AvgIpc) is 2.70. The second kappa shape index (κ2) is 7.92. The lowest BCUT2D eigenvalue weighted by Gasteiger charge is -2.47. The van der Waals surface area contributed by atoms with Crippen LogP contribution in [0.3, 0.4) is 0 Å². The molecule has 2 aliphatic heterocycles. The van der Waals surface area contributed by atoms with E-state index in [9.17, 15) is 4.79 Å². The van der Waals surface area contributed by atoms with Gasteiger partial charge in [0.1, 0.15) is 0 Å². The smallest absolute Gasteiger partial charge is 0.219 e. The molecule has 1 atom stereocenters. The first kappa shape index (κ1) is 18.9. The Morgan fingerprint density at radius 2 is 1.86 bits per heavy atom. The Morgan fingerprint density at radius 3 is 2.57 bits per heavy atom. The highest BCUT2D eigenvalue weighted by Crippen LogP contribution is 2.44. The van der Waals surface area contributed by atoms with Crippen molar-refractivity contribution in [3.63, 3.8) is 0 Å². The van der Waals surface area contributed by atoms with Gasteiger partial charge in [0.15, 0.2) is 0 Å². The molecule has 0 N–H and O–H groups in total. The lowest BCUT2D eigenvalue weighted by atomic mass is 9.78. The van der Waals surface area contributed by atoms with Crippen molar-refractivity contribution < 1.29 is 9.53 Å². The van der Waals surface area contributed by atoms with Crippen LogP contribution in [0.15, 0.2) is 54.6 Å². The second-order valence-electron chi connectivity index (χ2n) is 8.15. The van der Waals surface area contributed by atoms with E-state index in [1.54, 1.807) is 6.92 Å². The number of carbonyl (C=O) groups is 1. The number of likely N-dealkylation sites (tertiary alicyclic amines) is 1. The van der Waals surface area contributed by atoms with Gasteiger partial charge in [-0.1, -0.05) is 66.2 Å². The molecule has 3 nitrogen and oxygen atoms in total. The number of fused-ring (bicyclic) bond motifs is 2. The maximum Gasteiger partial charge on any atom is 0.219 e. The van der Waals surface area contributed by atoms with E-state index in [1.807, 2.05) is 4.90 Å². The van der Waals surface area contributed by atoms with Gasteiger partial charge < -0.3 is 9.64 Å². The summed E-state index contributed by atoms with van der Waals surface area (Å²) in [6, 6.07) is 17.3. The third-order valence-electron chi connectivity index (χ3n) is 6.15. The number of piperidine rings is 1. The Labute approximate surface area is 168 Å². The topological polar surface area (TPSA) is 29.5 Å². The summed E-state index contributed by atoms with van der Waals surface area (Å²) >= 11 is 0. The summed E-state index contributed by atoms with van der Waals surface area (Å²) < 4.78 is 6.74. The number of benzene rings is 2. The number of carbonyl (C=O) groups excluding carboxylic acids is 1. The number of nitrogens with zero attached hydrogens (tertiary/aromatic N) is 1. The molecule has 0 saturated carbocycles. The van der Waals surface area contributed by atoms with Crippen molar-refractivity contribution in [2.24, 2.45) is 0 Å². The molecule has 0 unspecified atom stereocenters. The fourth-order valence-corrected chi connectivity index (χ4v) is 4.55. The van der Waals surface area contributed by atoms with E-state index in [-0.39, 0.29) is 17.6 Å². The monoisotopic (exact) mass is 375 g/mol. The molecule has 3 heteroatoms. The molecule has 0 radical (unpaired) electrons. The fourth-order valence-electron chi connectivity index (χ4n) is 4.55. The van der Waals surface area contributed by atoms with Gasteiger partial charge in [0, 0.05) is 20.0 Å². The van der Waals surface area contributed by atoms with Crippen LogP contribution in [0.4, 0.5) is 0 Å². The Kier molecular flexibility index (Phi) is 5.36.